The van der Waals surface area contributed by atoms with Crippen LogP contribution in [0.15, 0.2) is 54.7 Å². The molecule has 2 aromatic carbocycles. The van der Waals surface area contributed by atoms with Gasteiger partial charge in [-0.2, -0.15) is 0 Å². The fourth-order valence-corrected chi connectivity index (χ4v) is 3.66. The number of benzene rings is 2. The van der Waals surface area contributed by atoms with Crippen molar-refractivity contribution in [3.05, 3.63) is 60.3 Å². The Morgan fingerprint density at radius 1 is 1.14 bits per heavy atom. The van der Waals surface area contributed by atoms with Crippen molar-refractivity contribution in [2.45, 2.75) is 12.8 Å². The molecule has 0 saturated carbocycles. The number of fused-ring (bicyclic) bond motifs is 1. The Morgan fingerprint density at radius 2 is 1.96 bits per heavy atom. The number of hydrogen-bond acceptors (Lipinski definition) is 3. The summed E-state index contributed by atoms with van der Waals surface area (Å²) in [7, 11) is 1.61. The number of anilines is 1. The summed E-state index contributed by atoms with van der Waals surface area (Å²) in [4.78, 5) is 30.5. The first-order valence-corrected chi connectivity index (χ1v) is 9.45. The van der Waals surface area contributed by atoms with Gasteiger partial charge in [0.2, 0.25) is 5.91 Å². The largest absolute Gasteiger partial charge is 0.497 e. The van der Waals surface area contributed by atoms with Crippen molar-refractivity contribution in [2.75, 3.05) is 25.5 Å². The number of piperidine rings is 1. The van der Waals surface area contributed by atoms with Crippen molar-refractivity contribution in [2.24, 2.45) is 5.92 Å². The second kappa shape index (κ2) is 7.76. The van der Waals surface area contributed by atoms with E-state index in [1.807, 2.05) is 54.7 Å². The number of carbonyl (C=O) groups excluding carboxylic acids is 2. The maximum Gasteiger partial charge on any atom is 0.253 e. The van der Waals surface area contributed by atoms with E-state index in [0.29, 0.717) is 18.7 Å². The van der Waals surface area contributed by atoms with Gasteiger partial charge in [-0.15, -0.1) is 0 Å². The van der Waals surface area contributed by atoms with Crippen LogP contribution in [0, 0.1) is 5.92 Å². The van der Waals surface area contributed by atoms with Crippen molar-refractivity contribution < 1.29 is 14.3 Å². The molecule has 1 aliphatic rings. The highest BCUT2D eigenvalue weighted by Crippen LogP contribution is 2.23. The van der Waals surface area contributed by atoms with Crippen LogP contribution < -0.4 is 10.1 Å². The lowest BCUT2D eigenvalue weighted by Gasteiger charge is -2.32. The van der Waals surface area contributed by atoms with E-state index in [4.69, 9.17) is 4.74 Å². The lowest BCUT2D eigenvalue weighted by Crippen LogP contribution is -2.43. The van der Waals surface area contributed by atoms with Gasteiger partial charge in [-0.1, -0.05) is 0 Å². The van der Waals surface area contributed by atoms with Gasteiger partial charge in [0.05, 0.1) is 13.0 Å². The minimum absolute atomic E-state index is 0.0231. The number of aromatic nitrogens is 1. The molecule has 0 spiro atoms. The smallest absolute Gasteiger partial charge is 0.253 e. The average molecular weight is 377 g/mol. The number of methoxy groups -OCH3 is 1. The fourth-order valence-electron chi connectivity index (χ4n) is 3.66. The van der Waals surface area contributed by atoms with Gasteiger partial charge in [-0.25, -0.2) is 0 Å². The molecular weight excluding hydrogens is 354 g/mol. The molecule has 1 fully saturated rings. The van der Waals surface area contributed by atoms with Gasteiger partial charge in [-0.3, -0.25) is 9.59 Å². The first-order chi connectivity index (χ1) is 13.6. The quantitative estimate of drug-likeness (QED) is 0.729. The molecule has 1 aromatic heterocycles. The number of aromatic amines is 1. The van der Waals surface area contributed by atoms with Crippen molar-refractivity contribution >= 4 is 28.4 Å². The molecule has 2 heterocycles. The first kappa shape index (κ1) is 18.1. The number of ether oxygens (including phenoxy) is 1. The number of nitrogens with one attached hydrogen (secondary N) is 2. The van der Waals surface area contributed by atoms with Crippen molar-refractivity contribution in [1.82, 2.24) is 9.88 Å². The van der Waals surface area contributed by atoms with Gasteiger partial charge in [0.25, 0.3) is 5.91 Å². The van der Waals surface area contributed by atoms with Crippen LogP contribution in [0.1, 0.15) is 23.2 Å². The second-order valence-corrected chi connectivity index (χ2v) is 7.09. The molecule has 6 heteroatoms. The van der Waals surface area contributed by atoms with Crippen molar-refractivity contribution in [3.63, 3.8) is 0 Å². The molecule has 0 unspecified atom stereocenters. The molecule has 2 amide bonds. The van der Waals surface area contributed by atoms with E-state index in [-0.39, 0.29) is 17.7 Å². The van der Waals surface area contributed by atoms with E-state index < -0.39 is 0 Å². The number of amides is 2. The summed E-state index contributed by atoms with van der Waals surface area (Å²) in [6.45, 7) is 1.11. The summed E-state index contributed by atoms with van der Waals surface area (Å²) in [6.07, 6.45) is 3.46. The van der Waals surface area contributed by atoms with Crippen LogP contribution in [-0.2, 0) is 4.79 Å². The van der Waals surface area contributed by atoms with Gasteiger partial charge in [0, 0.05) is 41.4 Å². The molecule has 1 saturated heterocycles. The van der Waals surface area contributed by atoms with Gasteiger partial charge in [-0.05, 0) is 61.4 Å². The molecule has 1 aliphatic heterocycles. The van der Waals surface area contributed by atoms with E-state index in [9.17, 15) is 9.59 Å². The third-order valence-electron chi connectivity index (χ3n) is 5.24. The molecule has 3 aromatic rings. The Balaban J connectivity index is 1.42. The zero-order chi connectivity index (χ0) is 19.5. The molecule has 4 rings (SSSR count). The van der Waals surface area contributed by atoms with Crippen LogP contribution in [0.4, 0.5) is 5.69 Å². The van der Waals surface area contributed by atoms with Crippen molar-refractivity contribution in [1.29, 1.82) is 0 Å². The lowest BCUT2D eigenvalue weighted by atomic mass is 9.96. The number of hydrogen-bond donors (Lipinski definition) is 2. The number of rotatable bonds is 4. The SMILES string of the molecule is COc1ccc(NC(=O)[C@@H]2CCCN(C(=O)c3ccc4[nH]ccc4c3)C2)cc1. The summed E-state index contributed by atoms with van der Waals surface area (Å²) in [6, 6.07) is 14.8. The first-order valence-electron chi connectivity index (χ1n) is 9.45. The van der Waals surface area contributed by atoms with Gasteiger partial charge in [0.15, 0.2) is 0 Å². The van der Waals surface area contributed by atoms with E-state index in [1.165, 1.54) is 0 Å². The van der Waals surface area contributed by atoms with Crippen LogP contribution >= 0.6 is 0 Å². The summed E-state index contributed by atoms with van der Waals surface area (Å²) >= 11 is 0. The zero-order valence-corrected chi connectivity index (χ0v) is 15.8. The summed E-state index contributed by atoms with van der Waals surface area (Å²) in [5.41, 5.74) is 2.39. The molecule has 0 aliphatic carbocycles. The molecule has 28 heavy (non-hydrogen) atoms. The maximum absolute atomic E-state index is 12.9. The Bertz CT molecular complexity index is 994. The van der Waals surface area contributed by atoms with Gasteiger partial charge < -0.3 is 19.9 Å². The topological polar surface area (TPSA) is 74.4 Å². The standard InChI is InChI=1S/C22H23N3O3/c1-28-19-7-5-18(6-8-19)24-21(26)17-3-2-12-25(14-17)22(27)16-4-9-20-15(13-16)10-11-23-20/h4-11,13,17,23H,2-3,12,14H2,1H3,(H,24,26)/t17-/m1/s1. The predicted octanol–water partition coefficient (Wildman–Crippen LogP) is 3.67. The molecule has 6 nitrogen and oxygen atoms in total. The summed E-state index contributed by atoms with van der Waals surface area (Å²) in [5, 5.41) is 3.96. The van der Waals surface area contributed by atoms with Crippen LogP contribution in [0.3, 0.4) is 0 Å². The monoisotopic (exact) mass is 377 g/mol. The van der Waals surface area contributed by atoms with Crippen molar-refractivity contribution in [3.8, 4) is 5.75 Å². The second-order valence-electron chi connectivity index (χ2n) is 7.09. The summed E-state index contributed by atoms with van der Waals surface area (Å²) < 4.78 is 5.14. The van der Waals surface area contributed by atoms with Crippen LogP contribution in [0.2, 0.25) is 0 Å². The average Bonchev–Trinajstić information content (AvgIpc) is 3.21. The normalized spacial score (nSPS) is 16.8. The third kappa shape index (κ3) is 3.71. The zero-order valence-electron chi connectivity index (χ0n) is 15.8. The van der Waals surface area contributed by atoms with E-state index in [2.05, 4.69) is 10.3 Å². The van der Waals surface area contributed by atoms with E-state index in [0.717, 1.165) is 35.2 Å². The van der Waals surface area contributed by atoms with E-state index in [1.54, 1.807) is 12.0 Å². The number of H-pyrrole nitrogens is 1. The minimum Gasteiger partial charge on any atom is -0.497 e. The third-order valence-corrected chi connectivity index (χ3v) is 5.24. The highest BCUT2D eigenvalue weighted by molar-refractivity contribution is 5.99. The minimum atomic E-state index is -0.212. The predicted molar refractivity (Wildman–Crippen MR) is 109 cm³/mol. The highest BCUT2D eigenvalue weighted by atomic mass is 16.5. The maximum atomic E-state index is 12.9. The molecule has 144 valence electrons. The Hall–Kier alpha value is -3.28. The Labute approximate surface area is 163 Å². The Morgan fingerprint density at radius 3 is 2.75 bits per heavy atom. The molecule has 1 atom stereocenters. The molecular formula is C22H23N3O3. The molecule has 0 bridgehead atoms. The van der Waals surface area contributed by atoms with Crippen LogP contribution in [-0.4, -0.2) is 41.9 Å². The van der Waals surface area contributed by atoms with Gasteiger partial charge >= 0.3 is 0 Å². The van der Waals surface area contributed by atoms with Gasteiger partial charge in [0.1, 0.15) is 5.75 Å². The highest BCUT2D eigenvalue weighted by Gasteiger charge is 2.29. The lowest BCUT2D eigenvalue weighted by molar-refractivity contribution is -0.121. The van der Waals surface area contributed by atoms with E-state index >= 15 is 0 Å². The number of carbonyl (C=O) groups is 2. The van der Waals surface area contributed by atoms with Crippen LogP contribution in [0.25, 0.3) is 10.9 Å². The Kier molecular flexibility index (Phi) is 5.02. The number of likely N-dealkylation sites (tertiary alicyclic amines) is 1. The van der Waals surface area contributed by atoms with Crippen LogP contribution in [0.5, 0.6) is 5.75 Å². The number of nitrogens with zero attached hydrogens (tertiary/aromatic N) is 1. The molecule has 0 radical (unpaired) electrons. The molecule has 2 N–H and O–H groups in total. The fraction of sp³-hybridized carbons (Fsp3) is 0.273. The summed E-state index contributed by atoms with van der Waals surface area (Å²) in [5.74, 6) is 0.455.